The van der Waals surface area contributed by atoms with E-state index >= 15 is 0 Å². The van der Waals surface area contributed by atoms with Gasteiger partial charge in [-0.05, 0) is 19.3 Å². The van der Waals surface area contributed by atoms with E-state index in [-0.39, 0.29) is 18.1 Å². The molecule has 1 unspecified atom stereocenters. The van der Waals surface area contributed by atoms with Crippen LogP contribution in [0.2, 0.25) is 0 Å². The molecule has 6 nitrogen and oxygen atoms in total. The van der Waals surface area contributed by atoms with Gasteiger partial charge in [0.25, 0.3) is 0 Å². The molecular formula is C13H19NO5. The summed E-state index contributed by atoms with van der Waals surface area (Å²) < 4.78 is 10.3. The average Bonchev–Trinajstić information content (AvgIpc) is 2.81. The second kappa shape index (κ2) is 5.61. The van der Waals surface area contributed by atoms with E-state index in [4.69, 9.17) is 14.6 Å². The fourth-order valence-corrected chi connectivity index (χ4v) is 2.68. The molecular weight excluding hydrogens is 250 g/mol. The zero-order valence-corrected chi connectivity index (χ0v) is 10.8. The first kappa shape index (κ1) is 13.9. The summed E-state index contributed by atoms with van der Waals surface area (Å²) in [7, 11) is 0. The van der Waals surface area contributed by atoms with E-state index in [1.165, 1.54) is 6.08 Å². The van der Waals surface area contributed by atoms with Crippen molar-refractivity contribution in [2.75, 3.05) is 26.3 Å². The van der Waals surface area contributed by atoms with E-state index in [1.807, 2.05) is 0 Å². The molecule has 6 heteroatoms. The first-order chi connectivity index (χ1) is 9.06. The Morgan fingerprint density at radius 2 is 2.16 bits per heavy atom. The summed E-state index contributed by atoms with van der Waals surface area (Å²) >= 11 is 0. The first-order valence-corrected chi connectivity index (χ1v) is 6.43. The van der Waals surface area contributed by atoms with Crippen molar-refractivity contribution in [3.05, 3.63) is 12.7 Å². The van der Waals surface area contributed by atoms with E-state index < -0.39 is 12.1 Å². The monoisotopic (exact) mass is 269 g/mol. The summed E-state index contributed by atoms with van der Waals surface area (Å²) in [5.41, 5.74) is -0.0850. The SMILES string of the molecule is C=CCOC(=O)N1CCC2(CC1)COC(C(=O)O)C2. The first-order valence-electron chi connectivity index (χ1n) is 6.43. The van der Waals surface area contributed by atoms with Gasteiger partial charge >= 0.3 is 12.1 Å². The Kier molecular flexibility index (Phi) is 4.09. The molecule has 0 aromatic rings. The predicted molar refractivity (Wildman–Crippen MR) is 66.8 cm³/mol. The number of carboxylic acid groups (broad SMARTS) is 1. The topological polar surface area (TPSA) is 76.1 Å². The van der Waals surface area contributed by atoms with Crippen LogP contribution in [-0.4, -0.2) is 54.5 Å². The van der Waals surface area contributed by atoms with Crippen LogP contribution in [0.4, 0.5) is 4.79 Å². The molecule has 2 heterocycles. The molecule has 2 fully saturated rings. The van der Waals surface area contributed by atoms with Crippen LogP contribution in [0.5, 0.6) is 0 Å². The summed E-state index contributed by atoms with van der Waals surface area (Å²) in [4.78, 5) is 24.2. The number of likely N-dealkylation sites (tertiary alicyclic amines) is 1. The Morgan fingerprint density at radius 1 is 1.47 bits per heavy atom. The van der Waals surface area contributed by atoms with Crippen molar-refractivity contribution in [1.82, 2.24) is 4.90 Å². The summed E-state index contributed by atoms with van der Waals surface area (Å²) in [5, 5.41) is 8.95. The molecule has 1 atom stereocenters. The predicted octanol–water partition coefficient (Wildman–Crippen LogP) is 1.26. The van der Waals surface area contributed by atoms with Gasteiger partial charge in [-0.2, -0.15) is 0 Å². The van der Waals surface area contributed by atoms with Gasteiger partial charge in [-0.1, -0.05) is 12.7 Å². The highest BCUT2D eigenvalue weighted by Gasteiger charge is 2.45. The molecule has 1 amide bonds. The van der Waals surface area contributed by atoms with Crippen LogP contribution in [0.25, 0.3) is 0 Å². The van der Waals surface area contributed by atoms with E-state index in [9.17, 15) is 9.59 Å². The van der Waals surface area contributed by atoms with Crippen LogP contribution in [0.3, 0.4) is 0 Å². The lowest BCUT2D eigenvalue weighted by atomic mass is 9.77. The number of rotatable bonds is 3. The molecule has 106 valence electrons. The van der Waals surface area contributed by atoms with Gasteiger partial charge in [-0.25, -0.2) is 9.59 Å². The van der Waals surface area contributed by atoms with Gasteiger partial charge in [0.15, 0.2) is 6.10 Å². The highest BCUT2D eigenvalue weighted by Crippen LogP contribution is 2.42. The lowest BCUT2D eigenvalue weighted by Crippen LogP contribution is -2.44. The minimum Gasteiger partial charge on any atom is -0.479 e. The smallest absolute Gasteiger partial charge is 0.410 e. The maximum Gasteiger partial charge on any atom is 0.410 e. The molecule has 19 heavy (non-hydrogen) atoms. The molecule has 0 aromatic carbocycles. The van der Waals surface area contributed by atoms with Gasteiger partial charge in [0.2, 0.25) is 0 Å². The average molecular weight is 269 g/mol. The molecule has 0 radical (unpaired) electrons. The number of carbonyl (C=O) groups excluding carboxylic acids is 1. The van der Waals surface area contributed by atoms with Crippen molar-refractivity contribution in [3.63, 3.8) is 0 Å². The van der Waals surface area contributed by atoms with Gasteiger partial charge in [-0.3, -0.25) is 0 Å². The summed E-state index contributed by atoms with van der Waals surface area (Å²) in [5.74, 6) is -0.898. The van der Waals surface area contributed by atoms with Crippen molar-refractivity contribution in [3.8, 4) is 0 Å². The zero-order chi connectivity index (χ0) is 13.9. The molecule has 2 aliphatic heterocycles. The number of ether oxygens (including phenoxy) is 2. The highest BCUT2D eigenvalue weighted by atomic mass is 16.6. The number of nitrogens with zero attached hydrogens (tertiary/aromatic N) is 1. The fraction of sp³-hybridized carbons (Fsp3) is 0.692. The van der Waals surface area contributed by atoms with Crippen LogP contribution in [0.1, 0.15) is 19.3 Å². The molecule has 0 bridgehead atoms. The number of hydrogen-bond donors (Lipinski definition) is 1. The lowest BCUT2D eigenvalue weighted by molar-refractivity contribution is -0.147. The third kappa shape index (κ3) is 3.07. The third-order valence-electron chi connectivity index (χ3n) is 3.89. The van der Waals surface area contributed by atoms with Gasteiger partial charge in [0, 0.05) is 18.5 Å². The van der Waals surface area contributed by atoms with Crippen LogP contribution < -0.4 is 0 Å². The maximum absolute atomic E-state index is 11.7. The van der Waals surface area contributed by atoms with Crippen LogP contribution in [-0.2, 0) is 14.3 Å². The second-order valence-electron chi connectivity index (χ2n) is 5.19. The quantitative estimate of drug-likeness (QED) is 0.781. The van der Waals surface area contributed by atoms with Gasteiger partial charge in [-0.15, -0.1) is 0 Å². The van der Waals surface area contributed by atoms with Gasteiger partial charge in [0.1, 0.15) is 6.61 Å². The minimum atomic E-state index is -0.898. The lowest BCUT2D eigenvalue weighted by Gasteiger charge is -2.37. The Morgan fingerprint density at radius 3 is 2.68 bits per heavy atom. The standard InChI is InChI=1S/C13H19NO5/c1-2-7-18-12(17)14-5-3-13(4-6-14)8-10(11(15)16)19-9-13/h2,10H,1,3-9H2,(H,15,16). The Hall–Kier alpha value is -1.56. The van der Waals surface area contributed by atoms with Crippen LogP contribution >= 0.6 is 0 Å². The van der Waals surface area contributed by atoms with E-state index in [0.29, 0.717) is 26.1 Å². The fourth-order valence-electron chi connectivity index (χ4n) is 2.68. The molecule has 0 saturated carbocycles. The van der Waals surface area contributed by atoms with Crippen LogP contribution in [0.15, 0.2) is 12.7 Å². The normalized spacial score (nSPS) is 25.3. The molecule has 2 saturated heterocycles. The third-order valence-corrected chi connectivity index (χ3v) is 3.89. The Bertz CT molecular complexity index is 373. The number of hydrogen-bond acceptors (Lipinski definition) is 4. The molecule has 1 N–H and O–H groups in total. The summed E-state index contributed by atoms with van der Waals surface area (Å²) in [6.45, 7) is 5.36. The molecule has 2 rings (SSSR count). The molecule has 1 spiro atoms. The molecule has 2 aliphatic rings. The number of aliphatic carboxylic acids is 1. The van der Waals surface area contributed by atoms with Crippen molar-refractivity contribution in [1.29, 1.82) is 0 Å². The maximum atomic E-state index is 11.7. The minimum absolute atomic E-state index is 0.0850. The van der Waals surface area contributed by atoms with E-state index in [1.54, 1.807) is 4.90 Å². The van der Waals surface area contributed by atoms with Crippen molar-refractivity contribution in [2.24, 2.45) is 5.41 Å². The van der Waals surface area contributed by atoms with Crippen molar-refractivity contribution in [2.45, 2.75) is 25.4 Å². The highest BCUT2D eigenvalue weighted by molar-refractivity contribution is 5.72. The summed E-state index contributed by atoms with van der Waals surface area (Å²) in [6, 6.07) is 0. The molecule has 0 aromatic heterocycles. The van der Waals surface area contributed by atoms with Crippen molar-refractivity contribution < 1.29 is 24.2 Å². The molecule has 0 aliphatic carbocycles. The number of piperidine rings is 1. The van der Waals surface area contributed by atoms with Gasteiger partial charge < -0.3 is 19.5 Å². The van der Waals surface area contributed by atoms with E-state index in [0.717, 1.165) is 12.8 Å². The second-order valence-corrected chi connectivity index (χ2v) is 5.19. The van der Waals surface area contributed by atoms with Crippen LogP contribution in [0, 0.1) is 5.41 Å². The largest absolute Gasteiger partial charge is 0.479 e. The number of carboxylic acids is 1. The number of carbonyl (C=O) groups is 2. The van der Waals surface area contributed by atoms with E-state index in [2.05, 4.69) is 6.58 Å². The summed E-state index contributed by atoms with van der Waals surface area (Å²) in [6.07, 6.45) is 2.58. The van der Waals surface area contributed by atoms with Gasteiger partial charge in [0.05, 0.1) is 6.61 Å². The Balaban J connectivity index is 1.84. The van der Waals surface area contributed by atoms with Crippen molar-refractivity contribution >= 4 is 12.1 Å². The zero-order valence-electron chi connectivity index (χ0n) is 10.8. The Labute approximate surface area is 112 Å². The number of amides is 1.